The number of benzene rings is 1. The number of nitrogens with zero attached hydrogens (tertiary/aromatic N) is 1. The lowest BCUT2D eigenvalue weighted by Crippen LogP contribution is -2.26. The largest absolute Gasteiger partial charge is 0.316 e. The summed E-state index contributed by atoms with van der Waals surface area (Å²) in [6.45, 7) is 6.43. The molecule has 0 bridgehead atoms. The lowest BCUT2D eigenvalue weighted by Gasteiger charge is -2.17. The quantitative estimate of drug-likeness (QED) is 0.689. The normalized spacial score (nSPS) is 12.5. The second-order valence-corrected chi connectivity index (χ2v) is 7.44. The Morgan fingerprint density at radius 3 is 2.62 bits per heavy atom. The minimum Gasteiger partial charge on any atom is -0.316 e. The van der Waals surface area contributed by atoms with Crippen molar-refractivity contribution in [1.82, 2.24) is 10.3 Å². The zero-order valence-electron chi connectivity index (χ0n) is 12.7. The highest BCUT2D eigenvalue weighted by molar-refractivity contribution is 9.10. The maximum atomic E-state index is 4.62. The molecule has 21 heavy (non-hydrogen) atoms. The first-order valence-corrected chi connectivity index (χ1v) is 9.20. The van der Waals surface area contributed by atoms with E-state index in [0.29, 0.717) is 5.92 Å². The van der Waals surface area contributed by atoms with Crippen molar-refractivity contribution in [1.29, 1.82) is 0 Å². The van der Waals surface area contributed by atoms with Crippen molar-refractivity contribution < 1.29 is 0 Å². The molecule has 4 heteroatoms. The number of hydrogen-bond donors (Lipinski definition) is 1. The molecule has 0 saturated heterocycles. The molecule has 1 atom stereocenters. The van der Waals surface area contributed by atoms with Crippen molar-refractivity contribution in [2.24, 2.45) is 5.92 Å². The lowest BCUT2D eigenvalue weighted by atomic mass is 9.95. The highest BCUT2D eigenvalue weighted by atomic mass is 79.9. The summed E-state index contributed by atoms with van der Waals surface area (Å²) in [5.41, 5.74) is 2.63. The number of aromatic nitrogens is 1. The van der Waals surface area contributed by atoms with E-state index < -0.39 is 0 Å². The van der Waals surface area contributed by atoms with Gasteiger partial charge in [-0.15, -0.1) is 11.3 Å². The standard InChI is InChI=1S/C17H23BrN2S/c1-3-8-19-11-15(10-17-12-21-13(2)20-17)9-14-4-6-16(18)7-5-14/h4-7,12,15,19H,3,8-11H2,1-2H3. The molecule has 2 aromatic rings. The summed E-state index contributed by atoms with van der Waals surface area (Å²) in [4.78, 5) is 4.62. The van der Waals surface area contributed by atoms with Gasteiger partial charge in [0.25, 0.3) is 0 Å². The molecule has 0 radical (unpaired) electrons. The second-order valence-electron chi connectivity index (χ2n) is 5.46. The first-order valence-electron chi connectivity index (χ1n) is 7.53. The van der Waals surface area contributed by atoms with E-state index >= 15 is 0 Å². The van der Waals surface area contributed by atoms with Gasteiger partial charge in [0.2, 0.25) is 0 Å². The van der Waals surface area contributed by atoms with E-state index in [2.05, 4.69) is 69.7 Å². The van der Waals surface area contributed by atoms with E-state index in [1.165, 1.54) is 17.7 Å². The molecule has 0 aliphatic carbocycles. The minimum absolute atomic E-state index is 0.597. The molecule has 0 fully saturated rings. The fourth-order valence-corrected chi connectivity index (χ4v) is 3.34. The number of halogens is 1. The Labute approximate surface area is 140 Å². The van der Waals surface area contributed by atoms with Crippen LogP contribution in [0.3, 0.4) is 0 Å². The summed E-state index contributed by atoms with van der Waals surface area (Å²) < 4.78 is 1.14. The molecule has 1 N–H and O–H groups in total. The van der Waals surface area contributed by atoms with Crippen LogP contribution in [0.5, 0.6) is 0 Å². The number of aryl methyl sites for hydroxylation is 1. The van der Waals surface area contributed by atoms with Gasteiger partial charge in [0, 0.05) is 9.85 Å². The fraction of sp³-hybridized carbons (Fsp3) is 0.471. The highest BCUT2D eigenvalue weighted by Crippen LogP contribution is 2.18. The number of hydrogen-bond acceptors (Lipinski definition) is 3. The Bertz CT molecular complexity index is 536. The Morgan fingerprint density at radius 2 is 2.00 bits per heavy atom. The van der Waals surface area contributed by atoms with Crippen LogP contribution in [0.1, 0.15) is 29.6 Å². The van der Waals surface area contributed by atoms with Gasteiger partial charge in [0.15, 0.2) is 0 Å². The lowest BCUT2D eigenvalue weighted by molar-refractivity contribution is 0.467. The van der Waals surface area contributed by atoms with Crippen LogP contribution in [0.15, 0.2) is 34.1 Å². The molecule has 2 rings (SSSR count). The zero-order chi connectivity index (χ0) is 15.1. The van der Waals surface area contributed by atoms with Crippen LogP contribution >= 0.6 is 27.3 Å². The summed E-state index contributed by atoms with van der Waals surface area (Å²) >= 11 is 5.24. The van der Waals surface area contributed by atoms with Crippen molar-refractivity contribution in [2.75, 3.05) is 13.1 Å². The van der Waals surface area contributed by atoms with Gasteiger partial charge in [-0.3, -0.25) is 0 Å². The Balaban J connectivity index is 1.98. The van der Waals surface area contributed by atoms with Gasteiger partial charge >= 0.3 is 0 Å². The summed E-state index contributed by atoms with van der Waals surface area (Å²) in [7, 11) is 0. The first kappa shape index (κ1) is 16.7. The molecule has 1 unspecified atom stereocenters. The predicted molar refractivity (Wildman–Crippen MR) is 95.1 cm³/mol. The fourth-order valence-electron chi connectivity index (χ4n) is 2.45. The molecule has 0 saturated carbocycles. The van der Waals surface area contributed by atoms with E-state index in [9.17, 15) is 0 Å². The number of thiazole rings is 1. The van der Waals surface area contributed by atoms with Gasteiger partial charge in [-0.1, -0.05) is 35.0 Å². The van der Waals surface area contributed by atoms with Crippen LogP contribution in [0.4, 0.5) is 0 Å². The predicted octanol–water partition coefficient (Wildman–Crippen LogP) is 4.62. The maximum absolute atomic E-state index is 4.62. The average Bonchev–Trinajstić information content (AvgIpc) is 2.87. The molecular weight excluding hydrogens is 344 g/mol. The molecule has 114 valence electrons. The Morgan fingerprint density at radius 1 is 1.24 bits per heavy atom. The van der Waals surface area contributed by atoms with E-state index in [-0.39, 0.29) is 0 Å². The molecule has 0 aliphatic heterocycles. The van der Waals surface area contributed by atoms with Gasteiger partial charge in [-0.05, 0) is 62.9 Å². The molecule has 1 heterocycles. The number of rotatable bonds is 8. The van der Waals surface area contributed by atoms with Gasteiger partial charge in [0.1, 0.15) is 0 Å². The highest BCUT2D eigenvalue weighted by Gasteiger charge is 2.12. The van der Waals surface area contributed by atoms with Crippen molar-refractivity contribution in [2.45, 2.75) is 33.1 Å². The third kappa shape index (κ3) is 5.89. The molecule has 1 aromatic heterocycles. The van der Waals surface area contributed by atoms with Crippen LogP contribution < -0.4 is 5.32 Å². The summed E-state index contributed by atoms with van der Waals surface area (Å²) in [5.74, 6) is 0.597. The topological polar surface area (TPSA) is 24.9 Å². The third-order valence-corrected chi connectivity index (χ3v) is 4.81. The molecule has 0 aliphatic rings. The van der Waals surface area contributed by atoms with Crippen LogP contribution in [0.2, 0.25) is 0 Å². The smallest absolute Gasteiger partial charge is 0.0897 e. The van der Waals surface area contributed by atoms with Crippen LogP contribution in [-0.2, 0) is 12.8 Å². The van der Waals surface area contributed by atoms with Gasteiger partial charge < -0.3 is 5.32 Å². The first-order chi connectivity index (χ1) is 10.2. The Kier molecular flexibility index (Phi) is 6.87. The summed E-state index contributed by atoms with van der Waals surface area (Å²) in [6.07, 6.45) is 3.33. The number of nitrogens with one attached hydrogen (secondary N) is 1. The third-order valence-electron chi connectivity index (χ3n) is 3.46. The van der Waals surface area contributed by atoms with Crippen molar-refractivity contribution in [3.8, 4) is 0 Å². The second kappa shape index (κ2) is 8.66. The van der Waals surface area contributed by atoms with Crippen molar-refractivity contribution in [3.63, 3.8) is 0 Å². The minimum atomic E-state index is 0.597. The van der Waals surface area contributed by atoms with Crippen molar-refractivity contribution in [3.05, 3.63) is 50.4 Å². The molecule has 0 amide bonds. The molecule has 1 aromatic carbocycles. The zero-order valence-corrected chi connectivity index (χ0v) is 15.1. The van der Waals surface area contributed by atoms with Crippen molar-refractivity contribution >= 4 is 27.3 Å². The maximum Gasteiger partial charge on any atom is 0.0897 e. The van der Waals surface area contributed by atoms with Crippen LogP contribution in [0.25, 0.3) is 0 Å². The van der Waals surface area contributed by atoms with Crippen LogP contribution in [-0.4, -0.2) is 18.1 Å². The monoisotopic (exact) mass is 366 g/mol. The van der Waals surface area contributed by atoms with Crippen LogP contribution in [0, 0.1) is 12.8 Å². The van der Waals surface area contributed by atoms with E-state index in [1.807, 2.05) is 0 Å². The SMILES string of the molecule is CCCNCC(Cc1ccc(Br)cc1)Cc1csc(C)n1. The molecule has 2 nitrogen and oxygen atoms in total. The van der Waals surface area contributed by atoms with E-state index in [4.69, 9.17) is 0 Å². The van der Waals surface area contributed by atoms with E-state index in [0.717, 1.165) is 35.4 Å². The average molecular weight is 367 g/mol. The summed E-state index contributed by atoms with van der Waals surface area (Å²) in [5, 5.41) is 6.92. The van der Waals surface area contributed by atoms with E-state index in [1.54, 1.807) is 11.3 Å². The summed E-state index contributed by atoms with van der Waals surface area (Å²) in [6, 6.07) is 8.67. The van der Waals surface area contributed by atoms with Gasteiger partial charge in [-0.2, -0.15) is 0 Å². The van der Waals surface area contributed by atoms with Gasteiger partial charge in [0.05, 0.1) is 10.7 Å². The Hall–Kier alpha value is -0.710. The van der Waals surface area contributed by atoms with Gasteiger partial charge in [-0.25, -0.2) is 4.98 Å². The molecular formula is C17H23BrN2S. The molecule has 0 spiro atoms.